The molecule has 0 saturated carbocycles. The number of carbonyl (C=O) groups excluding carboxylic acids is 4. The average Bonchev–Trinajstić information content (AvgIpc) is 3.63. The molecule has 0 aliphatic carbocycles. The second kappa shape index (κ2) is 22.6. The molecule has 314 valence electrons. The lowest BCUT2D eigenvalue weighted by Gasteiger charge is -2.41. The molecule has 12 heteroatoms. The Bertz CT molecular complexity index is 1340. The number of carbonyl (C=O) groups is 4. The van der Waals surface area contributed by atoms with Crippen molar-refractivity contribution < 1.29 is 33.4 Å². The first kappa shape index (κ1) is 48.1. The third-order valence-corrected chi connectivity index (χ3v) is 11.8. The number of methoxy groups -OCH3 is 3. The van der Waals surface area contributed by atoms with Gasteiger partial charge in [0.05, 0.1) is 48.7 Å². The summed E-state index contributed by atoms with van der Waals surface area (Å²) in [7, 11) is 8.49. The highest BCUT2D eigenvalue weighted by molar-refractivity contribution is 5.90. The molecule has 10 atom stereocenters. The van der Waals surface area contributed by atoms with Gasteiger partial charge in [-0.25, -0.2) is 0 Å². The van der Waals surface area contributed by atoms with E-state index >= 15 is 0 Å². The minimum Gasteiger partial charge on any atom is -0.379 e. The van der Waals surface area contributed by atoms with Crippen molar-refractivity contribution >= 4 is 23.6 Å². The van der Waals surface area contributed by atoms with Crippen LogP contribution in [0.15, 0.2) is 30.3 Å². The predicted octanol–water partition coefficient (Wildman–Crippen LogP) is 5.30. The molecular weight excluding hydrogens is 699 g/mol. The minimum absolute atomic E-state index is 0.00989. The number of nitrogens with zero attached hydrogens (tertiary/aromatic N) is 3. The highest BCUT2D eigenvalue weighted by Crippen LogP contribution is 2.30. The van der Waals surface area contributed by atoms with Gasteiger partial charge >= 0.3 is 0 Å². The number of rotatable bonds is 22. The summed E-state index contributed by atoms with van der Waals surface area (Å²) in [6.45, 7) is 20.4. The van der Waals surface area contributed by atoms with Crippen LogP contribution in [0.4, 0.5) is 0 Å². The molecule has 0 radical (unpaired) electrons. The molecule has 2 rings (SSSR count). The number of likely N-dealkylation sites (tertiary alicyclic amines) is 1. The van der Waals surface area contributed by atoms with Gasteiger partial charge in [0.25, 0.3) is 0 Å². The fourth-order valence-corrected chi connectivity index (χ4v) is 8.26. The zero-order valence-electron chi connectivity index (χ0n) is 36.6. The van der Waals surface area contributed by atoms with E-state index in [4.69, 9.17) is 14.2 Å². The van der Waals surface area contributed by atoms with Gasteiger partial charge in [-0.2, -0.15) is 0 Å². The third kappa shape index (κ3) is 12.5. The Morgan fingerprint density at radius 1 is 0.836 bits per heavy atom. The van der Waals surface area contributed by atoms with Crippen molar-refractivity contribution in [1.29, 1.82) is 0 Å². The second-order valence-corrected chi connectivity index (χ2v) is 16.6. The van der Waals surface area contributed by atoms with Crippen LogP contribution in [0, 0.1) is 23.7 Å². The van der Waals surface area contributed by atoms with E-state index in [2.05, 4.69) is 24.5 Å². The van der Waals surface area contributed by atoms with Crippen LogP contribution in [0.25, 0.3) is 0 Å². The van der Waals surface area contributed by atoms with Gasteiger partial charge in [-0.05, 0) is 64.0 Å². The fourth-order valence-electron chi connectivity index (χ4n) is 8.26. The van der Waals surface area contributed by atoms with Gasteiger partial charge in [0.15, 0.2) is 0 Å². The van der Waals surface area contributed by atoms with Crippen molar-refractivity contribution in [1.82, 2.24) is 25.3 Å². The quantitative estimate of drug-likeness (QED) is 0.163. The molecule has 12 nitrogen and oxygen atoms in total. The first-order valence-corrected chi connectivity index (χ1v) is 20.4. The molecule has 1 aromatic rings. The lowest BCUT2D eigenvalue weighted by molar-refractivity contribution is -0.148. The van der Waals surface area contributed by atoms with Crippen molar-refractivity contribution in [3.63, 3.8) is 0 Å². The Morgan fingerprint density at radius 3 is 1.95 bits per heavy atom. The van der Waals surface area contributed by atoms with Crippen LogP contribution in [0.3, 0.4) is 0 Å². The topological polar surface area (TPSA) is 130 Å². The molecule has 1 heterocycles. The molecule has 1 aliphatic rings. The van der Waals surface area contributed by atoms with E-state index in [9.17, 15) is 19.2 Å². The predicted molar refractivity (Wildman–Crippen MR) is 218 cm³/mol. The van der Waals surface area contributed by atoms with Crippen LogP contribution in [0.2, 0.25) is 0 Å². The van der Waals surface area contributed by atoms with E-state index in [0.29, 0.717) is 13.0 Å². The van der Waals surface area contributed by atoms with Crippen molar-refractivity contribution in [2.45, 2.75) is 149 Å². The van der Waals surface area contributed by atoms with Gasteiger partial charge in [-0.3, -0.25) is 24.1 Å². The smallest absolute Gasteiger partial charge is 0.245 e. The zero-order chi connectivity index (χ0) is 41.7. The Morgan fingerprint density at radius 2 is 1.45 bits per heavy atom. The van der Waals surface area contributed by atoms with Crippen molar-refractivity contribution in [2.75, 3.05) is 42.0 Å². The Hall–Kier alpha value is -3.06. The molecule has 2 N–H and O–H groups in total. The van der Waals surface area contributed by atoms with E-state index in [1.54, 1.807) is 33.3 Å². The summed E-state index contributed by atoms with van der Waals surface area (Å²) in [4.78, 5) is 61.6. The summed E-state index contributed by atoms with van der Waals surface area (Å²) >= 11 is 0. The van der Waals surface area contributed by atoms with Crippen LogP contribution < -0.4 is 10.6 Å². The molecular formula is C43H75N5O7. The number of hydrogen-bond acceptors (Lipinski definition) is 8. The van der Waals surface area contributed by atoms with Crippen LogP contribution >= 0.6 is 0 Å². The molecule has 1 fully saturated rings. The highest BCUT2D eigenvalue weighted by Gasteiger charge is 2.43. The molecule has 0 aromatic heterocycles. The van der Waals surface area contributed by atoms with Crippen LogP contribution in [-0.2, 0) is 33.4 Å². The largest absolute Gasteiger partial charge is 0.379 e. The lowest BCUT2D eigenvalue weighted by Crippen LogP contribution is -2.60. The first-order chi connectivity index (χ1) is 25.9. The van der Waals surface area contributed by atoms with Crippen LogP contribution in [0.5, 0.6) is 0 Å². The number of benzene rings is 1. The molecule has 4 amide bonds. The monoisotopic (exact) mass is 774 g/mol. The normalized spacial score (nSPS) is 19.8. The highest BCUT2D eigenvalue weighted by atomic mass is 16.5. The summed E-state index contributed by atoms with van der Waals surface area (Å²) in [5, 5.41) is 6.23. The number of amides is 4. The molecule has 1 saturated heterocycles. The SMILES string of the molecule is CC[C@H](C)[C@@H](C(CC(=O)N1CCC[C@H]1[C@H](OC)[C@@H](C)C(=O)N[C@H](C)[C@@H](OC)c1ccccc1)OC)N(C)C(=O)[C@@H](NC(=O)[C@H](C(C)C)N(C)C(C)C)C(C)C. The van der Waals surface area contributed by atoms with E-state index in [-0.39, 0.29) is 72.0 Å². The summed E-state index contributed by atoms with van der Waals surface area (Å²) in [6.07, 6.45) is 0.814. The third-order valence-electron chi connectivity index (χ3n) is 11.8. The zero-order valence-corrected chi connectivity index (χ0v) is 36.6. The van der Waals surface area contributed by atoms with Gasteiger partial charge < -0.3 is 34.6 Å². The van der Waals surface area contributed by atoms with Gasteiger partial charge in [0.1, 0.15) is 12.1 Å². The van der Waals surface area contributed by atoms with E-state index in [1.165, 1.54) is 0 Å². The average molecular weight is 774 g/mol. The number of hydrogen-bond donors (Lipinski definition) is 2. The molecule has 1 aliphatic heterocycles. The van der Waals surface area contributed by atoms with Crippen molar-refractivity contribution in [2.24, 2.45) is 23.7 Å². The molecule has 0 bridgehead atoms. The molecule has 1 aromatic carbocycles. The summed E-state index contributed by atoms with van der Waals surface area (Å²) in [5.74, 6) is -1.37. The van der Waals surface area contributed by atoms with Gasteiger partial charge in [-0.15, -0.1) is 0 Å². The lowest BCUT2D eigenvalue weighted by atomic mass is 9.89. The maximum absolute atomic E-state index is 14.4. The summed E-state index contributed by atoms with van der Waals surface area (Å²) < 4.78 is 17.8. The second-order valence-electron chi connectivity index (χ2n) is 16.6. The first-order valence-electron chi connectivity index (χ1n) is 20.4. The molecule has 0 spiro atoms. The van der Waals surface area contributed by atoms with Crippen molar-refractivity contribution in [3.8, 4) is 0 Å². The molecule has 1 unspecified atom stereocenters. The number of ether oxygens (including phenoxy) is 3. The van der Waals surface area contributed by atoms with Crippen LogP contribution in [0.1, 0.15) is 107 Å². The maximum atomic E-state index is 14.4. The molecule has 55 heavy (non-hydrogen) atoms. The summed E-state index contributed by atoms with van der Waals surface area (Å²) in [5.41, 5.74) is 0.968. The van der Waals surface area contributed by atoms with Gasteiger partial charge in [0, 0.05) is 41.0 Å². The van der Waals surface area contributed by atoms with E-state index < -0.39 is 36.3 Å². The Balaban J connectivity index is 2.28. The number of likely N-dealkylation sites (N-methyl/N-ethyl adjacent to an activating group) is 2. The van der Waals surface area contributed by atoms with E-state index in [1.807, 2.05) is 103 Å². The number of nitrogens with one attached hydrogen (secondary N) is 2. The van der Waals surface area contributed by atoms with Gasteiger partial charge in [-0.1, -0.05) is 85.2 Å². The standard InChI is InChI=1S/C43H75N5O7/c1-16-29(8)38(47(12)43(52)36(26(2)3)45-42(51)37(27(4)5)46(11)28(6)7)34(53-13)25-35(49)48-24-20-23-33(48)39(54-14)30(9)41(50)44-31(10)40(55-15)32-21-18-17-19-22-32/h17-19,21-22,26-31,33-34,36-40H,16,20,23-25H2,1-15H3,(H,44,50)(H,45,51)/t29-,30+,31+,33-,34?,36-,37-,38-,39+,40+/m0/s1. The Labute approximate surface area is 332 Å². The van der Waals surface area contributed by atoms with Crippen LogP contribution in [-0.4, -0.2) is 129 Å². The van der Waals surface area contributed by atoms with Crippen molar-refractivity contribution in [3.05, 3.63) is 35.9 Å². The Kier molecular flexibility index (Phi) is 19.8. The van der Waals surface area contributed by atoms with Gasteiger partial charge in [0.2, 0.25) is 23.6 Å². The minimum atomic E-state index is -0.758. The summed E-state index contributed by atoms with van der Waals surface area (Å²) in [6, 6.07) is 7.73. The maximum Gasteiger partial charge on any atom is 0.245 e. The fraction of sp³-hybridized carbons (Fsp3) is 0.767. The van der Waals surface area contributed by atoms with E-state index in [0.717, 1.165) is 18.4 Å².